The third kappa shape index (κ3) is 3.77. The van der Waals surface area contributed by atoms with Gasteiger partial charge in [0.1, 0.15) is 0 Å². The highest BCUT2D eigenvalue weighted by atomic mass is 32.2. The Morgan fingerprint density at radius 1 is 1.08 bits per heavy atom. The predicted octanol–water partition coefficient (Wildman–Crippen LogP) is 4.80. The van der Waals surface area contributed by atoms with Gasteiger partial charge < -0.3 is 10.3 Å². The van der Waals surface area contributed by atoms with Crippen molar-refractivity contribution in [2.45, 2.75) is 30.9 Å². The molecule has 0 aliphatic rings. The number of aromatic amines is 1. The molecule has 0 bridgehead atoms. The van der Waals surface area contributed by atoms with Crippen LogP contribution < -0.4 is 5.32 Å². The van der Waals surface area contributed by atoms with E-state index in [1.54, 1.807) is 0 Å². The summed E-state index contributed by atoms with van der Waals surface area (Å²) in [7, 11) is 0. The molecule has 1 atom stereocenters. The number of fused-ring (bicyclic) bond motifs is 1. The average molecular weight is 352 g/mol. The Hall–Kier alpha value is -2.53. The second-order valence-electron chi connectivity index (χ2n) is 6.00. The molecule has 0 saturated carbocycles. The number of H-pyrrole nitrogens is 1. The zero-order chi connectivity index (χ0) is 18.0. The third-order valence-electron chi connectivity index (χ3n) is 4.00. The number of rotatable bonds is 5. The minimum atomic E-state index is -0.204. The second kappa shape index (κ2) is 7.15. The minimum absolute atomic E-state index is 0.0984. The van der Waals surface area contributed by atoms with Crippen LogP contribution in [0.15, 0.2) is 53.4 Å². The van der Waals surface area contributed by atoms with Crippen LogP contribution in [0.4, 0.5) is 5.69 Å². The van der Waals surface area contributed by atoms with Gasteiger partial charge in [-0.15, -0.1) is 11.8 Å². The molecule has 2 N–H and O–H groups in total. The van der Waals surface area contributed by atoms with Gasteiger partial charge in [-0.25, -0.2) is 0 Å². The van der Waals surface area contributed by atoms with Crippen LogP contribution in [0.3, 0.4) is 0 Å². The van der Waals surface area contributed by atoms with Crippen LogP contribution in [0.1, 0.15) is 29.9 Å². The number of benzene rings is 2. The first-order chi connectivity index (χ1) is 12.0. The molecule has 128 valence electrons. The monoisotopic (exact) mass is 352 g/mol. The number of carbonyl (C=O) groups is 2. The molecule has 0 unspecified atom stereocenters. The van der Waals surface area contributed by atoms with E-state index in [1.807, 2.05) is 62.4 Å². The lowest BCUT2D eigenvalue weighted by Gasteiger charge is -2.11. The van der Waals surface area contributed by atoms with E-state index in [1.165, 1.54) is 18.7 Å². The number of aryl methyl sites for hydroxylation is 1. The summed E-state index contributed by atoms with van der Waals surface area (Å²) >= 11 is 1.52. The number of ketones is 1. The van der Waals surface area contributed by atoms with Gasteiger partial charge in [-0.2, -0.15) is 0 Å². The average Bonchev–Trinajstić information content (AvgIpc) is 2.91. The lowest BCUT2D eigenvalue weighted by atomic mass is 10.1. The summed E-state index contributed by atoms with van der Waals surface area (Å²) in [6, 6.07) is 15.4. The number of carbonyl (C=O) groups excluding carboxylic acids is 2. The van der Waals surface area contributed by atoms with Gasteiger partial charge in [0, 0.05) is 39.7 Å². The fourth-order valence-electron chi connectivity index (χ4n) is 2.88. The van der Waals surface area contributed by atoms with Crippen molar-refractivity contribution in [1.82, 2.24) is 4.98 Å². The van der Waals surface area contributed by atoms with Crippen LogP contribution in [0.2, 0.25) is 0 Å². The van der Waals surface area contributed by atoms with Crippen molar-refractivity contribution in [2.24, 2.45) is 0 Å². The summed E-state index contributed by atoms with van der Waals surface area (Å²) in [5, 5.41) is 3.51. The molecule has 25 heavy (non-hydrogen) atoms. The summed E-state index contributed by atoms with van der Waals surface area (Å²) in [5.74, 6) is 0.0182. The van der Waals surface area contributed by atoms with E-state index in [9.17, 15) is 9.59 Å². The summed E-state index contributed by atoms with van der Waals surface area (Å²) in [6.45, 7) is 5.34. The van der Waals surface area contributed by atoms with Crippen LogP contribution >= 0.6 is 11.8 Å². The van der Waals surface area contributed by atoms with E-state index in [4.69, 9.17) is 0 Å². The SMILES string of the molecule is CC(=O)Nc1ccc(S[C@H](C)C(=O)c2c(C)[nH]c3ccccc23)cc1. The maximum Gasteiger partial charge on any atom is 0.221 e. The van der Waals surface area contributed by atoms with Gasteiger partial charge in [-0.3, -0.25) is 9.59 Å². The van der Waals surface area contributed by atoms with Gasteiger partial charge >= 0.3 is 0 Å². The van der Waals surface area contributed by atoms with Crippen molar-refractivity contribution in [1.29, 1.82) is 0 Å². The summed E-state index contributed by atoms with van der Waals surface area (Å²) in [6.07, 6.45) is 0. The van der Waals surface area contributed by atoms with E-state index < -0.39 is 0 Å². The number of thioether (sulfide) groups is 1. The first-order valence-corrected chi connectivity index (χ1v) is 8.99. The molecule has 3 rings (SSSR count). The van der Waals surface area contributed by atoms with Crippen molar-refractivity contribution < 1.29 is 9.59 Å². The quantitative estimate of drug-likeness (QED) is 0.512. The molecule has 2 aromatic carbocycles. The van der Waals surface area contributed by atoms with Gasteiger partial charge in [-0.1, -0.05) is 18.2 Å². The first kappa shape index (κ1) is 17.3. The first-order valence-electron chi connectivity index (χ1n) is 8.11. The van der Waals surface area contributed by atoms with Gasteiger partial charge in [-0.05, 0) is 44.2 Å². The molecular formula is C20H20N2O2S. The maximum absolute atomic E-state index is 13.0. The van der Waals surface area contributed by atoms with Gasteiger partial charge in [0.25, 0.3) is 0 Å². The number of hydrogen-bond acceptors (Lipinski definition) is 3. The molecule has 3 aromatic rings. The number of nitrogens with one attached hydrogen (secondary N) is 2. The highest BCUT2D eigenvalue weighted by molar-refractivity contribution is 8.00. The second-order valence-corrected chi connectivity index (χ2v) is 7.41. The predicted molar refractivity (Wildman–Crippen MR) is 103 cm³/mol. The molecule has 1 amide bonds. The molecule has 0 fully saturated rings. The summed E-state index contributed by atoms with van der Waals surface area (Å²) < 4.78 is 0. The van der Waals surface area contributed by atoms with Crippen molar-refractivity contribution in [3.05, 3.63) is 59.8 Å². The standard InChI is InChI=1S/C20H20N2O2S/c1-12-19(17-6-4-5-7-18(17)21-12)20(24)13(2)25-16-10-8-15(9-11-16)22-14(3)23/h4-11,13,21H,1-3H3,(H,22,23)/t13-/m1/s1. The molecule has 1 aromatic heterocycles. The molecule has 0 radical (unpaired) electrons. The van der Waals surface area contributed by atoms with Crippen molar-refractivity contribution in [3.8, 4) is 0 Å². The van der Waals surface area contributed by atoms with Gasteiger partial charge in [0.05, 0.1) is 5.25 Å². The summed E-state index contributed by atoms with van der Waals surface area (Å²) in [4.78, 5) is 28.3. The fraction of sp³-hybridized carbons (Fsp3) is 0.200. The smallest absolute Gasteiger partial charge is 0.221 e. The van der Waals surface area contributed by atoms with Crippen LogP contribution in [-0.2, 0) is 4.79 Å². The molecule has 1 heterocycles. The van der Waals surface area contributed by atoms with Crippen molar-refractivity contribution >= 4 is 40.0 Å². The molecule has 4 nitrogen and oxygen atoms in total. The van der Waals surface area contributed by atoms with Crippen molar-refractivity contribution in [3.63, 3.8) is 0 Å². The maximum atomic E-state index is 13.0. The highest BCUT2D eigenvalue weighted by Gasteiger charge is 2.22. The van der Waals surface area contributed by atoms with E-state index >= 15 is 0 Å². The highest BCUT2D eigenvalue weighted by Crippen LogP contribution is 2.30. The lowest BCUT2D eigenvalue weighted by molar-refractivity contribution is -0.114. The third-order valence-corrected chi connectivity index (χ3v) is 5.11. The minimum Gasteiger partial charge on any atom is -0.358 e. The normalized spacial score (nSPS) is 12.1. The van der Waals surface area contributed by atoms with Crippen LogP contribution in [-0.4, -0.2) is 21.9 Å². The Bertz CT molecular complexity index is 929. The fourth-order valence-corrected chi connectivity index (χ4v) is 3.80. The largest absolute Gasteiger partial charge is 0.358 e. The molecule has 0 saturated heterocycles. The topological polar surface area (TPSA) is 62.0 Å². The molecule has 0 spiro atoms. The number of anilines is 1. The number of Topliss-reactive ketones (excluding diaryl/α,β-unsaturated/α-hetero) is 1. The molecule has 0 aliphatic heterocycles. The zero-order valence-corrected chi connectivity index (χ0v) is 15.2. The Morgan fingerprint density at radius 2 is 1.76 bits per heavy atom. The summed E-state index contributed by atoms with van der Waals surface area (Å²) in [5.41, 5.74) is 3.41. The molecular weight excluding hydrogens is 332 g/mol. The van der Waals surface area contributed by atoms with Gasteiger partial charge in [0.2, 0.25) is 5.91 Å². The Morgan fingerprint density at radius 3 is 2.44 bits per heavy atom. The Kier molecular flexibility index (Phi) is 4.95. The van der Waals surface area contributed by atoms with E-state index in [-0.39, 0.29) is 16.9 Å². The van der Waals surface area contributed by atoms with Crippen LogP contribution in [0, 0.1) is 6.92 Å². The number of amides is 1. The number of hydrogen-bond donors (Lipinski definition) is 2. The number of aromatic nitrogens is 1. The van der Waals surface area contributed by atoms with E-state index in [0.29, 0.717) is 0 Å². The molecule has 5 heteroatoms. The zero-order valence-electron chi connectivity index (χ0n) is 14.4. The van der Waals surface area contributed by atoms with Crippen LogP contribution in [0.25, 0.3) is 10.9 Å². The van der Waals surface area contributed by atoms with Crippen molar-refractivity contribution in [2.75, 3.05) is 5.32 Å². The van der Waals surface area contributed by atoms with E-state index in [2.05, 4.69) is 10.3 Å². The Labute approximate surface area is 151 Å². The molecule has 0 aliphatic carbocycles. The van der Waals surface area contributed by atoms with Gasteiger partial charge in [0.15, 0.2) is 5.78 Å². The van der Waals surface area contributed by atoms with Crippen LogP contribution in [0.5, 0.6) is 0 Å². The Balaban J connectivity index is 1.78. The van der Waals surface area contributed by atoms with E-state index in [0.717, 1.165) is 32.7 Å². The number of para-hydroxylation sites is 1. The lowest BCUT2D eigenvalue weighted by Crippen LogP contribution is -2.14.